The lowest BCUT2D eigenvalue weighted by Gasteiger charge is -2.44. The number of non-ortho nitro benzene ring substituents is 1. The molecule has 0 amide bonds. The Morgan fingerprint density at radius 2 is 2.11 bits per heavy atom. The molecule has 0 unspecified atom stereocenters. The van der Waals surface area contributed by atoms with Crippen LogP contribution in [0.3, 0.4) is 0 Å². The van der Waals surface area contributed by atoms with Crippen LogP contribution in [-0.2, 0) is 24.8 Å². The van der Waals surface area contributed by atoms with Crippen molar-refractivity contribution >= 4 is 11.4 Å². The molecule has 1 saturated heterocycles. The summed E-state index contributed by atoms with van der Waals surface area (Å²) < 4.78 is 2.16. The van der Waals surface area contributed by atoms with Gasteiger partial charge in [-0.2, -0.15) is 5.26 Å². The van der Waals surface area contributed by atoms with Crippen molar-refractivity contribution in [2.45, 2.75) is 62.9 Å². The van der Waals surface area contributed by atoms with Gasteiger partial charge in [0.25, 0.3) is 5.69 Å². The van der Waals surface area contributed by atoms with E-state index in [2.05, 4.69) is 25.7 Å². The number of aromatic nitrogens is 3. The van der Waals surface area contributed by atoms with Crippen molar-refractivity contribution in [1.82, 2.24) is 14.8 Å². The first kappa shape index (κ1) is 17.2. The Labute approximate surface area is 162 Å². The minimum atomic E-state index is -0.825. The van der Waals surface area contributed by atoms with Gasteiger partial charge in [0.2, 0.25) is 0 Å². The SMILES string of the molecule is N#C[C@@]1(c2nnc3n2CCCCC3)Cc2cc([N+](=O)[O-])ccc2N2CCC[C@H]21. The molecule has 8 heteroatoms. The number of fused-ring (bicyclic) bond motifs is 4. The van der Waals surface area contributed by atoms with Crippen LogP contribution in [0.5, 0.6) is 0 Å². The van der Waals surface area contributed by atoms with Crippen LogP contribution < -0.4 is 4.90 Å². The van der Waals surface area contributed by atoms with Crippen molar-refractivity contribution in [3.8, 4) is 6.07 Å². The third kappa shape index (κ3) is 2.35. The second-order valence-electron chi connectivity index (χ2n) is 8.08. The largest absolute Gasteiger partial charge is 0.366 e. The molecule has 28 heavy (non-hydrogen) atoms. The fraction of sp³-hybridized carbons (Fsp3) is 0.550. The van der Waals surface area contributed by atoms with Gasteiger partial charge in [0.05, 0.1) is 17.0 Å². The summed E-state index contributed by atoms with van der Waals surface area (Å²) in [6.45, 7) is 1.70. The Morgan fingerprint density at radius 3 is 2.93 bits per heavy atom. The average Bonchev–Trinajstić information content (AvgIpc) is 3.29. The van der Waals surface area contributed by atoms with Crippen molar-refractivity contribution in [1.29, 1.82) is 5.26 Å². The van der Waals surface area contributed by atoms with Crippen LogP contribution in [0.25, 0.3) is 0 Å². The lowest BCUT2D eigenvalue weighted by molar-refractivity contribution is -0.384. The summed E-state index contributed by atoms with van der Waals surface area (Å²) in [5.41, 5.74) is 1.13. The number of aryl methyl sites for hydroxylation is 1. The van der Waals surface area contributed by atoms with E-state index >= 15 is 0 Å². The molecular weight excluding hydrogens is 356 g/mol. The third-order valence-electron chi connectivity index (χ3n) is 6.58. The summed E-state index contributed by atoms with van der Waals surface area (Å²) in [6, 6.07) is 7.69. The van der Waals surface area contributed by atoms with E-state index in [0.29, 0.717) is 6.42 Å². The molecule has 0 saturated carbocycles. The van der Waals surface area contributed by atoms with Gasteiger partial charge in [0.15, 0.2) is 5.82 Å². The van der Waals surface area contributed by atoms with E-state index in [0.717, 1.165) is 74.5 Å². The fourth-order valence-corrected chi connectivity index (χ4v) is 5.30. The van der Waals surface area contributed by atoms with Crippen LogP contribution in [0.15, 0.2) is 18.2 Å². The standard InChI is InChI=1S/C20H22N6O2/c21-13-20(19-23-22-18-6-2-1-3-9-25(18)19)12-14-11-15(26(27)28)7-8-16(14)24-10-4-5-17(20)24/h7-8,11,17H,1-6,9-10,12H2/t17-,20-/m0/s1. The Bertz CT molecular complexity index is 993. The number of rotatable bonds is 2. The lowest BCUT2D eigenvalue weighted by Crippen LogP contribution is -2.53. The van der Waals surface area contributed by atoms with Gasteiger partial charge in [-0.25, -0.2) is 0 Å². The van der Waals surface area contributed by atoms with E-state index in [9.17, 15) is 15.4 Å². The second kappa shape index (κ2) is 6.30. The molecule has 5 rings (SSSR count). The van der Waals surface area contributed by atoms with Gasteiger partial charge in [0.1, 0.15) is 11.2 Å². The van der Waals surface area contributed by atoms with Gasteiger partial charge in [-0.1, -0.05) is 6.42 Å². The second-order valence-corrected chi connectivity index (χ2v) is 8.08. The van der Waals surface area contributed by atoms with E-state index in [1.54, 1.807) is 12.1 Å². The van der Waals surface area contributed by atoms with E-state index in [1.165, 1.54) is 0 Å². The number of nitro groups is 1. The predicted molar refractivity (Wildman–Crippen MR) is 102 cm³/mol. The molecule has 4 heterocycles. The van der Waals surface area contributed by atoms with Crippen LogP contribution >= 0.6 is 0 Å². The lowest BCUT2D eigenvalue weighted by atomic mass is 9.71. The number of nitrogens with zero attached hydrogens (tertiary/aromatic N) is 6. The van der Waals surface area contributed by atoms with E-state index in [1.807, 2.05) is 6.07 Å². The zero-order chi connectivity index (χ0) is 19.3. The first-order valence-corrected chi connectivity index (χ1v) is 10.0. The smallest absolute Gasteiger partial charge is 0.269 e. The van der Waals surface area contributed by atoms with Crippen molar-refractivity contribution in [3.63, 3.8) is 0 Å². The molecule has 1 aromatic carbocycles. The minimum Gasteiger partial charge on any atom is -0.366 e. The highest BCUT2D eigenvalue weighted by molar-refractivity contribution is 5.64. The molecule has 0 N–H and O–H groups in total. The van der Waals surface area contributed by atoms with Crippen LogP contribution in [0.4, 0.5) is 11.4 Å². The summed E-state index contributed by atoms with van der Waals surface area (Å²) in [4.78, 5) is 13.2. The zero-order valence-corrected chi connectivity index (χ0v) is 15.7. The molecule has 0 bridgehead atoms. The normalized spacial score (nSPS) is 26.0. The molecule has 2 atom stereocenters. The molecule has 3 aliphatic heterocycles. The number of anilines is 1. The number of hydrogen-bond acceptors (Lipinski definition) is 6. The Hall–Kier alpha value is -2.95. The maximum atomic E-state index is 11.3. The molecule has 2 aromatic rings. The number of nitro benzene ring substituents is 1. The van der Waals surface area contributed by atoms with Gasteiger partial charge in [-0.15, -0.1) is 10.2 Å². The van der Waals surface area contributed by atoms with Gasteiger partial charge in [0, 0.05) is 43.8 Å². The number of hydrogen-bond donors (Lipinski definition) is 0. The fourth-order valence-electron chi connectivity index (χ4n) is 5.30. The predicted octanol–water partition coefficient (Wildman–Crippen LogP) is 2.90. The minimum absolute atomic E-state index is 0.0306. The molecule has 8 nitrogen and oxygen atoms in total. The molecule has 144 valence electrons. The zero-order valence-electron chi connectivity index (χ0n) is 15.7. The maximum Gasteiger partial charge on any atom is 0.269 e. The quantitative estimate of drug-likeness (QED) is 0.588. The van der Waals surface area contributed by atoms with Crippen molar-refractivity contribution in [2.75, 3.05) is 11.4 Å². The molecule has 0 radical (unpaired) electrons. The van der Waals surface area contributed by atoms with Crippen molar-refractivity contribution in [3.05, 3.63) is 45.5 Å². The number of nitriles is 1. The monoisotopic (exact) mass is 378 g/mol. The van der Waals surface area contributed by atoms with Crippen LogP contribution in [-0.4, -0.2) is 32.3 Å². The van der Waals surface area contributed by atoms with Crippen LogP contribution in [0, 0.1) is 21.4 Å². The topological polar surface area (TPSA) is 101 Å². The molecule has 3 aliphatic rings. The van der Waals surface area contributed by atoms with Gasteiger partial charge >= 0.3 is 0 Å². The highest BCUT2D eigenvalue weighted by atomic mass is 16.6. The Kier molecular flexibility index (Phi) is 3.86. The first-order chi connectivity index (χ1) is 13.6. The van der Waals surface area contributed by atoms with E-state index in [4.69, 9.17) is 0 Å². The van der Waals surface area contributed by atoms with Crippen molar-refractivity contribution in [2.24, 2.45) is 0 Å². The van der Waals surface area contributed by atoms with Crippen molar-refractivity contribution < 1.29 is 4.92 Å². The average molecular weight is 378 g/mol. The third-order valence-corrected chi connectivity index (χ3v) is 6.58. The molecule has 1 fully saturated rings. The highest BCUT2D eigenvalue weighted by Crippen LogP contribution is 2.47. The van der Waals surface area contributed by atoms with Gasteiger partial charge < -0.3 is 9.47 Å². The van der Waals surface area contributed by atoms with Gasteiger partial charge in [-0.05, 0) is 37.3 Å². The first-order valence-electron chi connectivity index (χ1n) is 10.0. The Morgan fingerprint density at radius 1 is 1.21 bits per heavy atom. The molecule has 1 aromatic heterocycles. The summed E-state index contributed by atoms with van der Waals surface area (Å²) in [6.07, 6.45) is 6.59. The highest BCUT2D eigenvalue weighted by Gasteiger charge is 2.53. The summed E-state index contributed by atoms with van der Waals surface area (Å²) in [5, 5.41) is 30.7. The summed E-state index contributed by atoms with van der Waals surface area (Å²) in [5.74, 6) is 1.72. The van der Waals surface area contributed by atoms with Crippen LogP contribution in [0.2, 0.25) is 0 Å². The summed E-state index contributed by atoms with van der Waals surface area (Å²) >= 11 is 0. The van der Waals surface area contributed by atoms with E-state index in [-0.39, 0.29) is 16.7 Å². The van der Waals surface area contributed by atoms with E-state index < -0.39 is 5.41 Å². The Balaban J connectivity index is 1.68. The van der Waals surface area contributed by atoms with Gasteiger partial charge in [-0.3, -0.25) is 10.1 Å². The molecule has 0 aliphatic carbocycles. The van der Waals surface area contributed by atoms with Crippen LogP contribution in [0.1, 0.15) is 49.3 Å². The maximum absolute atomic E-state index is 11.3. The summed E-state index contributed by atoms with van der Waals surface area (Å²) in [7, 11) is 0. The number of benzene rings is 1. The molecule has 0 spiro atoms. The molecular formula is C20H22N6O2.